The number of nitrogens with one attached hydrogen (secondary N) is 1. The van der Waals surface area contributed by atoms with Crippen LogP contribution in [0.4, 0.5) is 17.1 Å². The van der Waals surface area contributed by atoms with Crippen LogP contribution in [0, 0.1) is 13.8 Å². The van der Waals surface area contributed by atoms with Crippen LogP contribution < -0.4 is 15.1 Å². The molecule has 0 unspecified atom stereocenters. The van der Waals surface area contributed by atoms with Crippen LogP contribution in [0.1, 0.15) is 17.5 Å². The normalized spacial score (nSPS) is 20.0. The number of hydrogen-bond acceptors (Lipinski definition) is 5. The molecule has 2 aliphatic rings. The monoisotopic (exact) mass is 379 g/mol. The Kier molecular flexibility index (Phi) is 5.05. The summed E-state index contributed by atoms with van der Waals surface area (Å²) in [6.07, 6.45) is 0.164. The van der Waals surface area contributed by atoms with Gasteiger partial charge in [0.25, 0.3) is 5.91 Å². The fourth-order valence-corrected chi connectivity index (χ4v) is 3.85. The lowest BCUT2D eigenvalue weighted by Gasteiger charge is -2.29. The zero-order chi connectivity index (χ0) is 19.7. The van der Waals surface area contributed by atoms with Crippen LogP contribution in [0.3, 0.4) is 0 Å². The highest BCUT2D eigenvalue weighted by atomic mass is 16.5. The Bertz CT molecular complexity index is 888. The summed E-state index contributed by atoms with van der Waals surface area (Å²) in [6.45, 7) is 7.17. The van der Waals surface area contributed by atoms with Crippen molar-refractivity contribution in [2.45, 2.75) is 26.3 Å². The van der Waals surface area contributed by atoms with E-state index in [1.807, 2.05) is 56.3 Å². The molecule has 2 aromatic rings. The topological polar surface area (TPSA) is 61.9 Å². The van der Waals surface area contributed by atoms with Crippen molar-refractivity contribution in [2.75, 3.05) is 41.4 Å². The third kappa shape index (κ3) is 3.60. The smallest absolute Gasteiger partial charge is 0.256 e. The predicted molar refractivity (Wildman–Crippen MR) is 110 cm³/mol. The lowest BCUT2D eigenvalue weighted by Crippen LogP contribution is -2.36. The molecule has 0 bridgehead atoms. The van der Waals surface area contributed by atoms with Gasteiger partial charge < -0.3 is 15.0 Å². The standard InChI is InChI=1S/C22H25N3O3/c1-15-3-8-20(16(2)13-15)25-21(26)14-19(22(25)27)23-17-4-6-18(7-5-17)24-9-11-28-12-10-24/h3-8,13,19,23H,9-12,14H2,1-2H3/t19-/m1/s1. The molecule has 2 fully saturated rings. The largest absolute Gasteiger partial charge is 0.378 e. The van der Waals surface area contributed by atoms with Crippen molar-refractivity contribution in [3.8, 4) is 0 Å². The summed E-state index contributed by atoms with van der Waals surface area (Å²) in [5.74, 6) is -0.367. The van der Waals surface area contributed by atoms with Crippen molar-refractivity contribution in [1.29, 1.82) is 0 Å². The molecule has 0 spiro atoms. The number of carbonyl (C=O) groups is 2. The van der Waals surface area contributed by atoms with E-state index in [0.29, 0.717) is 5.69 Å². The summed E-state index contributed by atoms with van der Waals surface area (Å²) in [5.41, 5.74) is 4.69. The van der Waals surface area contributed by atoms with Gasteiger partial charge >= 0.3 is 0 Å². The van der Waals surface area contributed by atoms with Gasteiger partial charge in [0.2, 0.25) is 5.91 Å². The molecular formula is C22H25N3O3. The summed E-state index contributed by atoms with van der Waals surface area (Å²) in [6, 6.07) is 13.2. The number of carbonyl (C=O) groups excluding carboxylic acids is 2. The zero-order valence-electron chi connectivity index (χ0n) is 16.3. The van der Waals surface area contributed by atoms with E-state index in [9.17, 15) is 9.59 Å². The molecule has 6 heteroatoms. The first kappa shape index (κ1) is 18.5. The van der Waals surface area contributed by atoms with Gasteiger partial charge in [-0.1, -0.05) is 17.7 Å². The number of anilines is 3. The van der Waals surface area contributed by atoms with Gasteiger partial charge in [0, 0.05) is 24.5 Å². The average molecular weight is 379 g/mol. The molecule has 0 saturated carbocycles. The van der Waals surface area contributed by atoms with Crippen LogP contribution in [-0.2, 0) is 14.3 Å². The SMILES string of the molecule is Cc1ccc(N2C(=O)C[C@@H](Nc3ccc(N4CCOCC4)cc3)C2=O)c(C)c1. The van der Waals surface area contributed by atoms with Gasteiger partial charge in [-0.2, -0.15) is 0 Å². The van der Waals surface area contributed by atoms with Crippen LogP contribution in [0.2, 0.25) is 0 Å². The Morgan fingerprint density at radius 2 is 1.71 bits per heavy atom. The first-order valence-corrected chi connectivity index (χ1v) is 9.66. The number of ether oxygens (including phenoxy) is 1. The maximum Gasteiger partial charge on any atom is 0.256 e. The van der Waals surface area contributed by atoms with Gasteiger partial charge in [-0.3, -0.25) is 9.59 Å². The highest BCUT2D eigenvalue weighted by Gasteiger charge is 2.40. The summed E-state index contributed by atoms with van der Waals surface area (Å²) in [5, 5.41) is 3.23. The van der Waals surface area contributed by atoms with E-state index >= 15 is 0 Å². The van der Waals surface area contributed by atoms with E-state index in [2.05, 4.69) is 10.2 Å². The highest BCUT2D eigenvalue weighted by molar-refractivity contribution is 6.23. The van der Waals surface area contributed by atoms with Crippen LogP contribution in [-0.4, -0.2) is 44.2 Å². The minimum Gasteiger partial charge on any atom is -0.378 e. The number of benzene rings is 2. The van der Waals surface area contributed by atoms with Gasteiger partial charge in [0.05, 0.1) is 25.3 Å². The second kappa shape index (κ2) is 7.64. The van der Waals surface area contributed by atoms with Gasteiger partial charge in [-0.05, 0) is 49.7 Å². The molecule has 2 amide bonds. The van der Waals surface area contributed by atoms with E-state index in [0.717, 1.165) is 48.8 Å². The molecule has 2 aliphatic heterocycles. The third-order valence-electron chi connectivity index (χ3n) is 5.32. The van der Waals surface area contributed by atoms with E-state index in [1.54, 1.807) is 0 Å². The van der Waals surface area contributed by atoms with Crippen LogP contribution in [0.25, 0.3) is 0 Å². The quantitative estimate of drug-likeness (QED) is 0.828. The number of morpholine rings is 1. The van der Waals surface area contributed by atoms with E-state index in [1.165, 1.54) is 4.90 Å². The van der Waals surface area contributed by atoms with E-state index < -0.39 is 6.04 Å². The van der Waals surface area contributed by atoms with Gasteiger partial charge in [0.1, 0.15) is 6.04 Å². The number of rotatable bonds is 4. The predicted octanol–water partition coefficient (Wildman–Crippen LogP) is 2.88. The maximum atomic E-state index is 12.9. The van der Waals surface area contributed by atoms with E-state index in [4.69, 9.17) is 4.74 Å². The first-order chi connectivity index (χ1) is 13.5. The van der Waals surface area contributed by atoms with Crippen molar-refractivity contribution in [1.82, 2.24) is 0 Å². The molecule has 2 saturated heterocycles. The second-order valence-corrected chi connectivity index (χ2v) is 7.40. The molecule has 4 rings (SSSR count). The molecule has 2 heterocycles. The van der Waals surface area contributed by atoms with Crippen molar-refractivity contribution in [3.05, 3.63) is 53.6 Å². The van der Waals surface area contributed by atoms with Crippen LogP contribution in [0.15, 0.2) is 42.5 Å². The Morgan fingerprint density at radius 3 is 2.39 bits per heavy atom. The fraction of sp³-hybridized carbons (Fsp3) is 0.364. The average Bonchev–Trinajstić information content (AvgIpc) is 2.97. The Balaban J connectivity index is 1.46. The summed E-state index contributed by atoms with van der Waals surface area (Å²) < 4.78 is 5.39. The molecule has 1 atom stereocenters. The molecular weight excluding hydrogens is 354 g/mol. The third-order valence-corrected chi connectivity index (χ3v) is 5.32. The minimum atomic E-state index is -0.539. The fourth-order valence-electron chi connectivity index (χ4n) is 3.85. The molecule has 146 valence electrons. The molecule has 6 nitrogen and oxygen atoms in total. The molecule has 0 aromatic heterocycles. The first-order valence-electron chi connectivity index (χ1n) is 9.66. The zero-order valence-corrected chi connectivity index (χ0v) is 16.3. The van der Waals surface area contributed by atoms with Gasteiger partial charge in [-0.15, -0.1) is 0 Å². The Morgan fingerprint density at radius 1 is 1.00 bits per heavy atom. The van der Waals surface area contributed by atoms with Gasteiger partial charge in [-0.25, -0.2) is 4.90 Å². The molecule has 0 radical (unpaired) electrons. The number of aryl methyl sites for hydroxylation is 2. The molecule has 0 aliphatic carbocycles. The lowest BCUT2D eigenvalue weighted by atomic mass is 10.1. The van der Waals surface area contributed by atoms with E-state index in [-0.39, 0.29) is 18.2 Å². The summed E-state index contributed by atoms with van der Waals surface area (Å²) in [4.78, 5) is 29.0. The number of hydrogen-bond donors (Lipinski definition) is 1. The Labute approximate surface area is 165 Å². The summed E-state index contributed by atoms with van der Waals surface area (Å²) in [7, 11) is 0. The highest BCUT2D eigenvalue weighted by Crippen LogP contribution is 2.29. The number of nitrogens with zero attached hydrogens (tertiary/aromatic N) is 2. The van der Waals surface area contributed by atoms with Crippen molar-refractivity contribution in [3.63, 3.8) is 0 Å². The minimum absolute atomic E-state index is 0.164. The molecule has 28 heavy (non-hydrogen) atoms. The van der Waals surface area contributed by atoms with Crippen LogP contribution in [0.5, 0.6) is 0 Å². The lowest BCUT2D eigenvalue weighted by molar-refractivity contribution is -0.121. The number of imide groups is 1. The van der Waals surface area contributed by atoms with Crippen molar-refractivity contribution >= 4 is 28.9 Å². The maximum absolute atomic E-state index is 12.9. The van der Waals surface area contributed by atoms with Crippen molar-refractivity contribution in [2.24, 2.45) is 0 Å². The van der Waals surface area contributed by atoms with Crippen LogP contribution >= 0.6 is 0 Å². The second-order valence-electron chi connectivity index (χ2n) is 7.40. The number of amides is 2. The molecule has 1 N–H and O–H groups in total. The molecule has 2 aromatic carbocycles. The van der Waals surface area contributed by atoms with Gasteiger partial charge in [0.15, 0.2) is 0 Å². The summed E-state index contributed by atoms with van der Waals surface area (Å²) >= 11 is 0. The van der Waals surface area contributed by atoms with Crippen molar-refractivity contribution < 1.29 is 14.3 Å². The Hall–Kier alpha value is -2.86.